The largest absolute Gasteiger partial charge is 0.493 e. The molecule has 2 aromatic rings. The number of aromatic nitrogens is 2. The first-order valence-electron chi connectivity index (χ1n) is 5.04. The van der Waals surface area contributed by atoms with Gasteiger partial charge < -0.3 is 19.7 Å². The van der Waals surface area contributed by atoms with Crippen LogP contribution in [0.1, 0.15) is 5.82 Å². The molecule has 90 valence electrons. The average molecular weight is 235 g/mol. The molecule has 2 rings (SSSR count). The van der Waals surface area contributed by atoms with E-state index in [-0.39, 0.29) is 6.54 Å². The van der Waals surface area contributed by atoms with Crippen LogP contribution in [0.5, 0.6) is 11.5 Å². The summed E-state index contributed by atoms with van der Waals surface area (Å²) in [6, 6.07) is 5.43. The van der Waals surface area contributed by atoms with Gasteiger partial charge in [-0.15, -0.1) is 0 Å². The van der Waals surface area contributed by atoms with Crippen molar-refractivity contribution in [1.82, 2.24) is 10.1 Å². The Labute approximate surface area is 98.3 Å². The maximum absolute atomic E-state index is 5.43. The van der Waals surface area contributed by atoms with Crippen molar-refractivity contribution in [3.63, 3.8) is 0 Å². The van der Waals surface area contributed by atoms with Crippen LogP contribution in [-0.4, -0.2) is 24.4 Å². The molecule has 0 spiro atoms. The summed E-state index contributed by atoms with van der Waals surface area (Å²) in [6.45, 7) is 0.232. The van der Waals surface area contributed by atoms with Crippen molar-refractivity contribution in [3.8, 4) is 23.0 Å². The molecule has 6 nitrogen and oxygen atoms in total. The highest BCUT2D eigenvalue weighted by atomic mass is 16.5. The van der Waals surface area contributed by atoms with Gasteiger partial charge in [0.2, 0.25) is 0 Å². The lowest BCUT2D eigenvalue weighted by Gasteiger charge is -2.09. The Bertz CT molecular complexity index is 510. The van der Waals surface area contributed by atoms with Crippen molar-refractivity contribution in [3.05, 3.63) is 24.0 Å². The maximum Gasteiger partial charge on any atom is 0.261 e. The highest BCUT2D eigenvalue weighted by Crippen LogP contribution is 2.36. The number of rotatable bonds is 4. The smallest absolute Gasteiger partial charge is 0.261 e. The first kappa shape index (κ1) is 11.4. The van der Waals surface area contributed by atoms with Crippen LogP contribution in [0.25, 0.3) is 11.5 Å². The van der Waals surface area contributed by atoms with Crippen LogP contribution in [0.3, 0.4) is 0 Å². The van der Waals surface area contributed by atoms with E-state index in [2.05, 4.69) is 10.1 Å². The van der Waals surface area contributed by atoms with E-state index in [0.29, 0.717) is 28.8 Å². The van der Waals surface area contributed by atoms with E-state index >= 15 is 0 Å². The molecular weight excluding hydrogens is 222 g/mol. The zero-order valence-corrected chi connectivity index (χ0v) is 9.64. The molecule has 0 bridgehead atoms. The summed E-state index contributed by atoms with van der Waals surface area (Å²) < 4.78 is 15.6. The van der Waals surface area contributed by atoms with Gasteiger partial charge >= 0.3 is 0 Å². The average Bonchev–Trinajstić information content (AvgIpc) is 2.86. The van der Waals surface area contributed by atoms with Gasteiger partial charge in [0.1, 0.15) is 0 Å². The molecule has 0 aliphatic carbocycles. The van der Waals surface area contributed by atoms with Gasteiger partial charge in [-0.1, -0.05) is 11.2 Å². The lowest BCUT2D eigenvalue weighted by molar-refractivity contribution is 0.353. The lowest BCUT2D eigenvalue weighted by Crippen LogP contribution is -1.98. The van der Waals surface area contributed by atoms with Crippen LogP contribution in [0, 0.1) is 0 Å². The van der Waals surface area contributed by atoms with Crippen LogP contribution in [0.4, 0.5) is 0 Å². The molecule has 6 heteroatoms. The molecule has 1 aromatic heterocycles. The summed E-state index contributed by atoms with van der Waals surface area (Å²) in [6.07, 6.45) is 0. The third-order valence-corrected chi connectivity index (χ3v) is 2.28. The predicted molar refractivity (Wildman–Crippen MR) is 60.7 cm³/mol. The topological polar surface area (TPSA) is 83.4 Å². The number of methoxy groups -OCH3 is 2. The molecule has 0 radical (unpaired) electrons. The number of nitrogens with two attached hydrogens (primary N) is 1. The number of benzene rings is 1. The first-order chi connectivity index (χ1) is 8.30. The zero-order chi connectivity index (χ0) is 12.3. The highest BCUT2D eigenvalue weighted by molar-refractivity contribution is 5.67. The Kier molecular flexibility index (Phi) is 3.24. The van der Waals surface area contributed by atoms with Crippen molar-refractivity contribution in [2.75, 3.05) is 14.2 Å². The number of ether oxygens (including phenoxy) is 2. The molecule has 2 N–H and O–H groups in total. The molecule has 0 aliphatic rings. The molecule has 0 unspecified atom stereocenters. The number of nitrogens with zero attached hydrogens (tertiary/aromatic N) is 2. The molecular formula is C11H13N3O3. The third kappa shape index (κ3) is 2.07. The van der Waals surface area contributed by atoms with Gasteiger partial charge in [-0.05, 0) is 12.1 Å². The Morgan fingerprint density at radius 3 is 2.71 bits per heavy atom. The number of para-hydroxylation sites is 1. The van der Waals surface area contributed by atoms with E-state index in [1.165, 1.54) is 0 Å². The highest BCUT2D eigenvalue weighted by Gasteiger charge is 2.16. The van der Waals surface area contributed by atoms with E-state index in [9.17, 15) is 0 Å². The number of hydrogen-bond acceptors (Lipinski definition) is 6. The van der Waals surface area contributed by atoms with Crippen molar-refractivity contribution in [2.45, 2.75) is 6.54 Å². The van der Waals surface area contributed by atoms with E-state index in [0.717, 1.165) is 0 Å². The summed E-state index contributed by atoms with van der Waals surface area (Å²) in [7, 11) is 3.13. The molecule has 0 saturated heterocycles. The molecule has 0 atom stereocenters. The van der Waals surface area contributed by atoms with Gasteiger partial charge in [0.25, 0.3) is 5.89 Å². The van der Waals surface area contributed by atoms with Crippen molar-refractivity contribution in [1.29, 1.82) is 0 Å². The summed E-state index contributed by atoms with van der Waals surface area (Å²) >= 11 is 0. The summed E-state index contributed by atoms with van der Waals surface area (Å²) in [4.78, 5) is 4.14. The van der Waals surface area contributed by atoms with Crippen LogP contribution in [0.2, 0.25) is 0 Å². The van der Waals surface area contributed by atoms with Crippen LogP contribution < -0.4 is 15.2 Å². The number of hydrogen-bond donors (Lipinski definition) is 1. The molecule has 0 aliphatic heterocycles. The second-order valence-corrected chi connectivity index (χ2v) is 3.26. The van der Waals surface area contributed by atoms with E-state index < -0.39 is 0 Å². The second-order valence-electron chi connectivity index (χ2n) is 3.26. The van der Waals surface area contributed by atoms with E-state index in [1.807, 2.05) is 12.1 Å². The SMILES string of the molecule is COc1cccc(-c2nc(CN)no2)c1OC. The minimum absolute atomic E-state index is 0.232. The zero-order valence-electron chi connectivity index (χ0n) is 9.64. The van der Waals surface area contributed by atoms with Crippen molar-refractivity contribution in [2.24, 2.45) is 5.73 Å². The second kappa shape index (κ2) is 4.84. The maximum atomic E-state index is 5.43. The van der Waals surface area contributed by atoms with Crippen molar-refractivity contribution < 1.29 is 14.0 Å². The van der Waals surface area contributed by atoms with Crippen LogP contribution >= 0.6 is 0 Å². The Balaban J connectivity index is 2.50. The van der Waals surface area contributed by atoms with Gasteiger partial charge in [-0.2, -0.15) is 4.98 Å². The molecule has 0 amide bonds. The quantitative estimate of drug-likeness (QED) is 0.857. The monoisotopic (exact) mass is 235 g/mol. The predicted octanol–water partition coefficient (Wildman–Crippen LogP) is 1.21. The standard InChI is InChI=1S/C11H13N3O3/c1-15-8-5-3-4-7(10(8)16-2)11-13-9(6-12)14-17-11/h3-5H,6,12H2,1-2H3. The van der Waals surface area contributed by atoms with E-state index in [1.54, 1.807) is 20.3 Å². The van der Waals surface area contributed by atoms with Gasteiger partial charge in [0, 0.05) is 0 Å². The Morgan fingerprint density at radius 1 is 1.29 bits per heavy atom. The summed E-state index contributed by atoms with van der Waals surface area (Å²) in [5.74, 6) is 1.98. The third-order valence-electron chi connectivity index (χ3n) is 2.28. The fraction of sp³-hybridized carbons (Fsp3) is 0.273. The van der Waals surface area contributed by atoms with Gasteiger partial charge in [0.15, 0.2) is 17.3 Å². The minimum atomic E-state index is 0.232. The van der Waals surface area contributed by atoms with Crippen LogP contribution in [-0.2, 0) is 6.54 Å². The van der Waals surface area contributed by atoms with Crippen molar-refractivity contribution >= 4 is 0 Å². The Morgan fingerprint density at radius 2 is 2.12 bits per heavy atom. The fourth-order valence-corrected chi connectivity index (χ4v) is 1.50. The summed E-state index contributed by atoms with van der Waals surface area (Å²) in [5.41, 5.74) is 6.11. The van der Waals surface area contributed by atoms with Crippen LogP contribution in [0.15, 0.2) is 22.7 Å². The molecule has 17 heavy (non-hydrogen) atoms. The molecule has 1 aromatic carbocycles. The minimum Gasteiger partial charge on any atom is -0.493 e. The van der Waals surface area contributed by atoms with Gasteiger partial charge in [-0.3, -0.25) is 0 Å². The lowest BCUT2D eigenvalue weighted by atomic mass is 10.2. The van der Waals surface area contributed by atoms with E-state index in [4.69, 9.17) is 19.7 Å². The molecule has 1 heterocycles. The Hall–Kier alpha value is -2.08. The molecule has 0 fully saturated rings. The van der Waals surface area contributed by atoms with Gasteiger partial charge in [0.05, 0.1) is 26.3 Å². The van der Waals surface area contributed by atoms with Gasteiger partial charge in [-0.25, -0.2) is 0 Å². The normalized spacial score (nSPS) is 10.3. The first-order valence-corrected chi connectivity index (χ1v) is 5.04. The fourth-order valence-electron chi connectivity index (χ4n) is 1.50. The summed E-state index contributed by atoms with van der Waals surface area (Å²) in [5, 5.41) is 3.73. The molecule has 0 saturated carbocycles.